The van der Waals surface area contributed by atoms with E-state index in [0.717, 1.165) is 25.7 Å². The zero-order valence-corrected chi connectivity index (χ0v) is 20.5. The van der Waals surface area contributed by atoms with Crippen molar-refractivity contribution in [3.05, 3.63) is 11.6 Å². The largest absolute Gasteiger partial charge is 0.457 e. The number of fused-ring (bicyclic) bond motifs is 5. The van der Waals surface area contributed by atoms with E-state index >= 15 is 0 Å². The van der Waals surface area contributed by atoms with Crippen molar-refractivity contribution in [1.82, 2.24) is 0 Å². The zero-order chi connectivity index (χ0) is 24.0. The Labute approximate surface area is 196 Å². The van der Waals surface area contributed by atoms with E-state index in [9.17, 15) is 19.2 Å². The van der Waals surface area contributed by atoms with Crippen LogP contribution < -0.4 is 0 Å². The molecule has 0 aliphatic heterocycles. The van der Waals surface area contributed by atoms with E-state index < -0.39 is 17.0 Å². The quantitative estimate of drug-likeness (QED) is 0.422. The first kappa shape index (κ1) is 24.2. The molecule has 0 heterocycles. The standard InChI is InChI=1S/C27H38O6/c1-5-23(30)32-16-22(29)27(33-24(31)6-2)14-11-21-19-8-7-17-15-18(28)9-12-25(17,3)20(19)10-13-26(21,27)4/h10,17,19,21H,5-9,11-16H2,1-4H3/t17-,19+,21-,25-,26-,27-/m0/s1. The highest BCUT2D eigenvalue weighted by atomic mass is 16.6. The van der Waals surface area contributed by atoms with Gasteiger partial charge < -0.3 is 9.47 Å². The van der Waals surface area contributed by atoms with Gasteiger partial charge in [-0.2, -0.15) is 0 Å². The molecule has 3 fully saturated rings. The summed E-state index contributed by atoms with van der Waals surface area (Å²) >= 11 is 0. The Bertz CT molecular complexity index is 889. The van der Waals surface area contributed by atoms with E-state index in [1.54, 1.807) is 13.8 Å². The van der Waals surface area contributed by atoms with E-state index in [-0.39, 0.29) is 42.5 Å². The highest BCUT2D eigenvalue weighted by Crippen LogP contribution is 2.67. The highest BCUT2D eigenvalue weighted by molar-refractivity contribution is 5.93. The minimum Gasteiger partial charge on any atom is -0.457 e. The molecular weight excluding hydrogens is 420 g/mol. The summed E-state index contributed by atoms with van der Waals surface area (Å²) in [5.41, 5.74) is -0.281. The summed E-state index contributed by atoms with van der Waals surface area (Å²) in [7, 11) is 0. The van der Waals surface area contributed by atoms with Crippen LogP contribution in [0, 0.1) is 28.6 Å². The molecule has 182 valence electrons. The van der Waals surface area contributed by atoms with Gasteiger partial charge in [0, 0.05) is 31.1 Å². The second kappa shape index (κ2) is 8.66. The lowest BCUT2D eigenvalue weighted by atomic mass is 9.48. The van der Waals surface area contributed by atoms with E-state index in [4.69, 9.17) is 9.47 Å². The van der Waals surface area contributed by atoms with E-state index in [1.165, 1.54) is 5.57 Å². The number of Topliss-reactive ketones (excluding diaryl/α,β-unsaturated/α-hetero) is 2. The molecule has 4 aliphatic carbocycles. The van der Waals surface area contributed by atoms with Crippen LogP contribution in [0.25, 0.3) is 0 Å². The van der Waals surface area contributed by atoms with Gasteiger partial charge >= 0.3 is 11.9 Å². The summed E-state index contributed by atoms with van der Waals surface area (Å²) < 4.78 is 11.2. The number of carbonyl (C=O) groups excluding carboxylic acids is 4. The minimum atomic E-state index is -1.26. The van der Waals surface area contributed by atoms with Crippen molar-refractivity contribution in [2.45, 2.75) is 97.5 Å². The number of ether oxygens (including phenoxy) is 2. The molecule has 0 bridgehead atoms. The first-order valence-electron chi connectivity index (χ1n) is 12.7. The fraction of sp³-hybridized carbons (Fsp3) is 0.778. The number of hydrogen-bond acceptors (Lipinski definition) is 6. The Morgan fingerprint density at radius 1 is 1.03 bits per heavy atom. The van der Waals surface area contributed by atoms with Crippen LogP contribution in [0.5, 0.6) is 0 Å². The van der Waals surface area contributed by atoms with Crippen molar-refractivity contribution >= 4 is 23.5 Å². The Morgan fingerprint density at radius 3 is 2.45 bits per heavy atom. The first-order chi connectivity index (χ1) is 15.6. The van der Waals surface area contributed by atoms with E-state index in [2.05, 4.69) is 19.9 Å². The van der Waals surface area contributed by atoms with Gasteiger partial charge in [-0.05, 0) is 61.7 Å². The monoisotopic (exact) mass is 458 g/mol. The van der Waals surface area contributed by atoms with E-state index in [0.29, 0.717) is 43.3 Å². The van der Waals surface area contributed by atoms with Gasteiger partial charge in [-0.3, -0.25) is 19.2 Å². The van der Waals surface area contributed by atoms with Crippen LogP contribution in [-0.2, 0) is 28.7 Å². The third-order valence-electron chi connectivity index (χ3n) is 9.64. The van der Waals surface area contributed by atoms with Crippen molar-refractivity contribution in [3.63, 3.8) is 0 Å². The zero-order valence-electron chi connectivity index (χ0n) is 20.5. The SMILES string of the molecule is CCC(=O)OCC(=O)[C@@]1(OC(=O)CC)CC[C@H]2[C@@H]3CC[C@H]4CC(=O)CC[C@]4(C)C3=CC[C@@]21C. The minimum absolute atomic E-state index is 0.0458. The second-order valence-corrected chi connectivity index (χ2v) is 11.1. The molecule has 6 atom stereocenters. The first-order valence-corrected chi connectivity index (χ1v) is 12.7. The molecule has 0 radical (unpaired) electrons. The van der Waals surface area contributed by atoms with Crippen LogP contribution in [0.15, 0.2) is 11.6 Å². The molecule has 33 heavy (non-hydrogen) atoms. The molecule has 6 heteroatoms. The van der Waals surface area contributed by atoms with E-state index in [1.807, 2.05) is 0 Å². The molecular formula is C27H38O6. The molecule has 0 N–H and O–H groups in total. The molecule has 6 nitrogen and oxygen atoms in total. The molecule has 0 aromatic carbocycles. The molecule has 0 aromatic rings. The number of ketones is 2. The molecule has 4 aliphatic rings. The fourth-order valence-electron chi connectivity index (χ4n) is 7.63. The molecule has 3 saturated carbocycles. The van der Waals surface area contributed by atoms with Gasteiger partial charge in [0.15, 0.2) is 12.2 Å². The maximum Gasteiger partial charge on any atom is 0.306 e. The van der Waals surface area contributed by atoms with Crippen LogP contribution in [-0.4, -0.2) is 35.7 Å². The fourth-order valence-corrected chi connectivity index (χ4v) is 7.63. The van der Waals surface area contributed by atoms with Crippen LogP contribution in [0.3, 0.4) is 0 Å². The van der Waals surface area contributed by atoms with Gasteiger partial charge in [-0.15, -0.1) is 0 Å². The predicted molar refractivity (Wildman–Crippen MR) is 122 cm³/mol. The lowest BCUT2D eigenvalue weighted by molar-refractivity contribution is -0.186. The van der Waals surface area contributed by atoms with Gasteiger partial charge in [-0.25, -0.2) is 0 Å². The van der Waals surface area contributed by atoms with Gasteiger partial charge in [0.05, 0.1) is 0 Å². The van der Waals surface area contributed by atoms with Crippen molar-refractivity contribution in [3.8, 4) is 0 Å². The third kappa shape index (κ3) is 3.68. The molecule has 0 unspecified atom stereocenters. The average Bonchev–Trinajstić information content (AvgIpc) is 3.10. The average molecular weight is 459 g/mol. The molecule has 0 spiro atoms. The lowest BCUT2D eigenvalue weighted by Crippen LogP contribution is -2.58. The summed E-state index contributed by atoms with van der Waals surface area (Å²) in [5, 5.41) is 0. The molecule has 0 aromatic heterocycles. The summed E-state index contributed by atoms with van der Waals surface area (Å²) in [5.74, 6) is 0.249. The molecule has 4 rings (SSSR count). The Kier molecular flexibility index (Phi) is 6.34. The van der Waals surface area contributed by atoms with Crippen molar-refractivity contribution < 1.29 is 28.7 Å². The van der Waals surface area contributed by atoms with Crippen LogP contribution >= 0.6 is 0 Å². The predicted octanol–water partition coefficient (Wildman–Crippen LogP) is 4.73. The van der Waals surface area contributed by atoms with Crippen LogP contribution in [0.2, 0.25) is 0 Å². The summed E-state index contributed by atoms with van der Waals surface area (Å²) in [4.78, 5) is 50.0. The Hall–Kier alpha value is -1.98. The number of rotatable bonds is 6. The van der Waals surface area contributed by atoms with Gasteiger partial charge in [0.1, 0.15) is 5.78 Å². The third-order valence-corrected chi connectivity index (χ3v) is 9.64. The molecule has 0 saturated heterocycles. The van der Waals surface area contributed by atoms with Crippen LogP contribution in [0.1, 0.15) is 91.9 Å². The highest BCUT2D eigenvalue weighted by Gasteiger charge is 2.67. The maximum atomic E-state index is 13.6. The van der Waals surface area contributed by atoms with Crippen molar-refractivity contribution in [1.29, 1.82) is 0 Å². The second-order valence-electron chi connectivity index (χ2n) is 11.1. The van der Waals surface area contributed by atoms with Crippen LogP contribution in [0.4, 0.5) is 0 Å². The number of hydrogen-bond donors (Lipinski definition) is 0. The topological polar surface area (TPSA) is 86.7 Å². The van der Waals surface area contributed by atoms with Crippen molar-refractivity contribution in [2.75, 3.05) is 6.61 Å². The number of allylic oxidation sites excluding steroid dienone is 2. The van der Waals surface area contributed by atoms with Gasteiger partial charge in [0.25, 0.3) is 0 Å². The number of esters is 2. The van der Waals surface area contributed by atoms with Crippen molar-refractivity contribution in [2.24, 2.45) is 28.6 Å². The Balaban J connectivity index is 1.68. The van der Waals surface area contributed by atoms with Gasteiger partial charge in [-0.1, -0.05) is 39.3 Å². The Morgan fingerprint density at radius 2 is 1.76 bits per heavy atom. The summed E-state index contributed by atoms with van der Waals surface area (Å²) in [6, 6.07) is 0. The number of carbonyl (C=O) groups is 4. The maximum absolute atomic E-state index is 13.6. The molecule has 0 amide bonds. The summed E-state index contributed by atoms with van der Waals surface area (Å²) in [6.45, 7) is 7.50. The lowest BCUT2D eigenvalue weighted by Gasteiger charge is -2.56. The normalized spacial score (nSPS) is 39.6. The van der Waals surface area contributed by atoms with Gasteiger partial charge in [0.2, 0.25) is 5.78 Å². The summed E-state index contributed by atoms with van der Waals surface area (Å²) in [6.07, 6.45) is 8.93. The smallest absolute Gasteiger partial charge is 0.306 e.